The minimum atomic E-state index is -0.981. The van der Waals surface area contributed by atoms with Crippen molar-refractivity contribution in [1.82, 2.24) is 0 Å². The summed E-state index contributed by atoms with van der Waals surface area (Å²) >= 11 is 0. The van der Waals surface area contributed by atoms with Crippen LogP contribution in [0, 0.1) is 0 Å². The van der Waals surface area contributed by atoms with Gasteiger partial charge in [-0.2, -0.15) is 17.3 Å². The molecule has 0 bridgehead atoms. The molecule has 3 N–H and O–H groups in total. The summed E-state index contributed by atoms with van der Waals surface area (Å²) in [6, 6.07) is 9.10. The molecule has 3 unspecified atom stereocenters. The van der Waals surface area contributed by atoms with Gasteiger partial charge in [0.2, 0.25) is 0 Å². The summed E-state index contributed by atoms with van der Waals surface area (Å²) in [5.41, 5.74) is 20.5. The molecule has 1 aromatic rings. The summed E-state index contributed by atoms with van der Waals surface area (Å²) in [6.07, 6.45) is 2.92. The molecule has 0 heterocycles. The predicted octanol–water partition coefficient (Wildman–Crippen LogP) is 7.46. The Balaban J connectivity index is -0.000000122. The fourth-order valence-electron chi connectivity index (χ4n) is 0.874. The molecule has 0 saturated heterocycles. The standard InChI is InChI=1S/C8H13Si.3C4H10N.Hf/c1-9(2,3)8-6-4-5-7-8;3*1-3-4(2)5;/h4-7H,1-3H3;3*4-5H,3H2,1-2H3;/q4*-1;+4. The van der Waals surface area contributed by atoms with Crippen LogP contribution in [-0.4, -0.2) is 26.2 Å². The fourth-order valence-corrected chi connectivity index (χ4v) is 2.07. The smallest absolute Gasteiger partial charge is 0.675 e. The van der Waals surface area contributed by atoms with E-state index in [1.54, 1.807) is 5.19 Å². The van der Waals surface area contributed by atoms with Gasteiger partial charge in [0, 0.05) is 8.07 Å². The molecule has 0 amide bonds. The fraction of sp³-hybridized carbons (Fsp3) is 0.750. The monoisotopic (exact) mass is 533 g/mol. The molecule has 0 radical (unpaired) electrons. The van der Waals surface area contributed by atoms with Gasteiger partial charge in [-0.05, 0) is 0 Å². The zero-order chi connectivity index (χ0) is 19.8. The molecule has 0 aromatic heterocycles. The van der Waals surface area contributed by atoms with Gasteiger partial charge in [-0.15, -0.1) is 18.1 Å². The van der Waals surface area contributed by atoms with Crippen molar-refractivity contribution < 1.29 is 25.8 Å². The first kappa shape index (κ1) is 32.9. The maximum absolute atomic E-state index is 6.83. The van der Waals surface area contributed by atoms with Crippen molar-refractivity contribution in [3.05, 3.63) is 41.5 Å². The zero-order valence-electron chi connectivity index (χ0n) is 18.2. The molecular formula is C20H43HfN3Si. The molecule has 3 nitrogen and oxygen atoms in total. The van der Waals surface area contributed by atoms with Crippen LogP contribution in [0.25, 0.3) is 17.2 Å². The van der Waals surface area contributed by atoms with Crippen LogP contribution in [0.3, 0.4) is 0 Å². The van der Waals surface area contributed by atoms with Gasteiger partial charge >= 0.3 is 25.8 Å². The quantitative estimate of drug-likeness (QED) is 0.286. The van der Waals surface area contributed by atoms with Gasteiger partial charge in [0.15, 0.2) is 0 Å². The van der Waals surface area contributed by atoms with E-state index in [0.717, 1.165) is 19.3 Å². The van der Waals surface area contributed by atoms with Crippen LogP contribution in [0.4, 0.5) is 0 Å². The van der Waals surface area contributed by atoms with Crippen molar-refractivity contribution in [1.29, 1.82) is 0 Å². The maximum Gasteiger partial charge on any atom is 4.00 e. The average Bonchev–Trinajstić information content (AvgIpc) is 3.03. The average molecular weight is 532 g/mol. The Bertz CT molecular complexity index is 312. The summed E-state index contributed by atoms with van der Waals surface area (Å²) in [7, 11) is -0.981. The minimum absolute atomic E-state index is 0. The van der Waals surface area contributed by atoms with E-state index >= 15 is 0 Å². The third-order valence-corrected chi connectivity index (χ3v) is 5.43. The summed E-state index contributed by atoms with van der Waals surface area (Å²) in [6.45, 7) is 18.8. The number of nitrogens with one attached hydrogen (secondary N) is 3. The third-order valence-electron chi connectivity index (χ3n) is 3.37. The number of hydrogen-bond donors (Lipinski definition) is 0. The van der Waals surface area contributed by atoms with Gasteiger partial charge < -0.3 is 17.2 Å². The number of hydrogen-bond acceptors (Lipinski definition) is 0. The first-order valence-corrected chi connectivity index (χ1v) is 12.8. The molecule has 0 fully saturated rings. The van der Waals surface area contributed by atoms with Crippen molar-refractivity contribution in [3.8, 4) is 0 Å². The van der Waals surface area contributed by atoms with E-state index in [1.807, 2.05) is 41.5 Å². The molecule has 5 heteroatoms. The van der Waals surface area contributed by atoms with Gasteiger partial charge in [0.05, 0.1) is 0 Å². The Morgan fingerprint density at radius 3 is 1.00 bits per heavy atom. The molecule has 1 aromatic carbocycles. The van der Waals surface area contributed by atoms with Crippen LogP contribution in [0.5, 0.6) is 0 Å². The molecule has 1 rings (SSSR count). The molecule has 146 valence electrons. The Morgan fingerprint density at radius 2 is 0.920 bits per heavy atom. The summed E-state index contributed by atoms with van der Waals surface area (Å²) in [5, 5.41) is 1.56. The van der Waals surface area contributed by atoms with E-state index < -0.39 is 8.07 Å². The van der Waals surface area contributed by atoms with E-state index in [0.29, 0.717) is 0 Å². The molecule has 0 aliphatic heterocycles. The first-order chi connectivity index (χ1) is 10.9. The van der Waals surface area contributed by atoms with Gasteiger partial charge in [-0.1, -0.05) is 80.4 Å². The Labute approximate surface area is 178 Å². The van der Waals surface area contributed by atoms with E-state index in [2.05, 4.69) is 43.9 Å². The van der Waals surface area contributed by atoms with Crippen LogP contribution >= 0.6 is 0 Å². The maximum atomic E-state index is 6.83. The van der Waals surface area contributed by atoms with Crippen molar-refractivity contribution >= 4 is 13.3 Å². The normalized spacial score (nSPS) is 13.3. The molecule has 0 saturated carbocycles. The molecule has 3 atom stereocenters. The second kappa shape index (κ2) is 20.6. The van der Waals surface area contributed by atoms with Crippen molar-refractivity contribution in [2.75, 3.05) is 0 Å². The van der Waals surface area contributed by atoms with E-state index in [4.69, 9.17) is 17.2 Å². The summed E-state index contributed by atoms with van der Waals surface area (Å²) in [4.78, 5) is 0. The Morgan fingerprint density at radius 1 is 0.720 bits per heavy atom. The van der Waals surface area contributed by atoms with Crippen LogP contribution in [0.1, 0.15) is 60.8 Å². The number of rotatable bonds is 4. The van der Waals surface area contributed by atoms with E-state index in [1.165, 1.54) is 0 Å². The van der Waals surface area contributed by atoms with Gasteiger partial charge in [-0.3, -0.25) is 0 Å². The van der Waals surface area contributed by atoms with Crippen molar-refractivity contribution in [2.24, 2.45) is 0 Å². The molecule has 25 heavy (non-hydrogen) atoms. The minimum Gasteiger partial charge on any atom is -0.675 e. The molecule has 0 aliphatic carbocycles. The van der Waals surface area contributed by atoms with Crippen LogP contribution in [0.15, 0.2) is 24.3 Å². The molecule has 0 spiro atoms. The van der Waals surface area contributed by atoms with Crippen LogP contribution in [-0.2, 0) is 25.8 Å². The second-order valence-corrected chi connectivity index (χ2v) is 12.4. The van der Waals surface area contributed by atoms with Crippen molar-refractivity contribution in [3.63, 3.8) is 0 Å². The predicted molar refractivity (Wildman–Crippen MR) is 117 cm³/mol. The summed E-state index contributed by atoms with van der Waals surface area (Å²) in [5.74, 6) is 0. The van der Waals surface area contributed by atoms with Gasteiger partial charge in [0.25, 0.3) is 0 Å². The Kier molecular flexibility index (Phi) is 27.2. The van der Waals surface area contributed by atoms with E-state index in [-0.39, 0.29) is 44.0 Å². The van der Waals surface area contributed by atoms with Crippen molar-refractivity contribution in [2.45, 2.75) is 98.6 Å². The topological polar surface area (TPSA) is 71.4 Å². The van der Waals surface area contributed by atoms with Gasteiger partial charge in [0.1, 0.15) is 0 Å². The SMILES string of the molecule is CCC(C)[NH-].CCC(C)[NH-].CCC(C)[NH-].C[Si](C)(C)[c-]1cccc1.[Hf+4]. The largest absolute Gasteiger partial charge is 4.00 e. The summed E-state index contributed by atoms with van der Waals surface area (Å²) < 4.78 is 0. The third kappa shape index (κ3) is 32.5. The van der Waals surface area contributed by atoms with E-state index in [9.17, 15) is 0 Å². The van der Waals surface area contributed by atoms with Gasteiger partial charge in [-0.25, -0.2) is 12.1 Å². The zero-order valence-corrected chi connectivity index (χ0v) is 22.8. The molecule has 0 aliphatic rings. The second-order valence-electron chi connectivity index (χ2n) is 7.35. The van der Waals surface area contributed by atoms with Crippen LogP contribution < -0.4 is 5.19 Å². The Hall–Kier alpha value is 0.317. The van der Waals surface area contributed by atoms with Crippen LogP contribution in [0.2, 0.25) is 19.6 Å². The first-order valence-electron chi connectivity index (χ1n) is 9.27. The molecular weight excluding hydrogens is 489 g/mol.